The first-order valence-corrected chi connectivity index (χ1v) is 6.73. The largest absolute Gasteiger partial charge is 0.378 e. The summed E-state index contributed by atoms with van der Waals surface area (Å²) in [6.07, 6.45) is 0. The van der Waals surface area contributed by atoms with Crippen molar-refractivity contribution in [2.75, 3.05) is 5.32 Å². The van der Waals surface area contributed by atoms with Crippen LogP contribution in [0.4, 0.5) is 5.69 Å². The lowest BCUT2D eigenvalue weighted by atomic mass is 10.1. The van der Waals surface area contributed by atoms with Crippen LogP contribution in [0.25, 0.3) is 11.3 Å². The number of rotatable bonds is 4. The highest BCUT2D eigenvalue weighted by Gasteiger charge is 2.08. The molecule has 0 bridgehead atoms. The molecule has 0 aliphatic heterocycles. The molecule has 1 heterocycles. The van der Waals surface area contributed by atoms with Gasteiger partial charge in [0.15, 0.2) is 0 Å². The van der Waals surface area contributed by atoms with Gasteiger partial charge in [-0.05, 0) is 19.1 Å². The molecule has 3 heteroatoms. The molecule has 2 aromatic carbocycles. The van der Waals surface area contributed by atoms with Crippen LogP contribution in [0.1, 0.15) is 11.5 Å². The molecule has 0 aliphatic carbocycles. The van der Waals surface area contributed by atoms with Crippen molar-refractivity contribution in [1.29, 1.82) is 0 Å². The summed E-state index contributed by atoms with van der Waals surface area (Å²) < 4.78 is 0. The summed E-state index contributed by atoms with van der Waals surface area (Å²) >= 11 is 0. The maximum absolute atomic E-state index is 4.68. The molecule has 0 amide bonds. The molecule has 3 rings (SSSR count). The fraction of sp³-hybridized carbons (Fsp3) is 0.118. The molecule has 100 valence electrons. The highest BCUT2D eigenvalue weighted by Crippen LogP contribution is 2.20. The van der Waals surface area contributed by atoms with Gasteiger partial charge in [-0.2, -0.15) is 0 Å². The SMILES string of the molecule is Cc1[nH]c(CNc2ccccc2)nc1-c1ccccc1. The molecule has 20 heavy (non-hydrogen) atoms. The van der Waals surface area contributed by atoms with Crippen LogP contribution in [0.5, 0.6) is 0 Å². The number of anilines is 1. The Bertz CT molecular complexity index is 672. The van der Waals surface area contributed by atoms with Crippen LogP contribution in [0.2, 0.25) is 0 Å². The fourth-order valence-corrected chi connectivity index (χ4v) is 2.22. The van der Waals surface area contributed by atoms with Crippen molar-refractivity contribution < 1.29 is 0 Å². The van der Waals surface area contributed by atoms with Crippen LogP contribution < -0.4 is 5.32 Å². The third-order valence-corrected chi connectivity index (χ3v) is 3.21. The van der Waals surface area contributed by atoms with Crippen LogP contribution in [0.3, 0.4) is 0 Å². The molecule has 0 aliphatic rings. The number of nitrogens with zero attached hydrogens (tertiary/aromatic N) is 1. The summed E-state index contributed by atoms with van der Waals surface area (Å²) in [6, 6.07) is 20.4. The second-order valence-corrected chi connectivity index (χ2v) is 4.74. The van der Waals surface area contributed by atoms with Crippen LogP contribution >= 0.6 is 0 Å². The summed E-state index contributed by atoms with van der Waals surface area (Å²) in [7, 11) is 0. The second-order valence-electron chi connectivity index (χ2n) is 4.74. The summed E-state index contributed by atoms with van der Waals surface area (Å²) in [4.78, 5) is 8.02. The van der Waals surface area contributed by atoms with Crippen molar-refractivity contribution in [1.82, 2.24) is 9.97 Å². The first kappa shape index (κ1) is 12.5. The van der Waals surface area contributed by atoms with Gasteiger partial charge in [0.2, 0.25) is 0 Å². The van der Waals surface area contributed by atoms with Gasteiger partial charge < -0.3 is 10.3 Å². The van der Waals surface area contributed by atoms with Crippen molar-refractivity contribution in [3.05, 3.63) is 72.2 Å². The monoisotopic (exact) mass is 263 g/mol. The van der Waals surface area contributed by atoms with Gasteiger partial charge in [0.05, 0.1) is 12.2 Å². The van der Waals surface area contributed by atoms with Gasteiger partial charge in [0.25, 0.3) is 0 Å². The normalized spacial score (nSPS) is 10.4. The highest BCUT2D eigenvalue weighted by molar-refractivity contribution is 5.61. The smallest absolute Gasteiger partial charge is 0.126 e. The van der Waals surface area contributed by atoms with E-state index in [1.54, 1.807) is 0 Å². The zero-order valence-corrected chi connectivity index (χ0v) is 11.4. The molecule has 0 fully saturated rings. The van der Waals surface area contributed by atoms with E-state index >= 15 is 0 Å². The molecule has 3 nitrogen and oxygen atoms in total. The molecule has 3 aromatic rings. The Morgan fingerprint density at radius 3 is 2.30 bits per heavy atom. The van der Waals surface area contributed by atoms with Crippen LogP contribution in [-0.2, 0) is 6.54 Å². The first-order chi connectivity index (χ1) is 9.83. The number of imidazole rings is 1. The van der Waals surface area contributed by atoms with Crippen LogP contribution in [0, 0.1) is 6.92 Å². The molecule has 0 unspecified atom stereocenters. The minimum atomic E-state index is 0.692. The summed E-state index contributed by atoms with van der Waals surface area (Å²) in [5.74, 6) is 0.949. The van der Waals surface area contributed by atoms with Crippen molar-refractivity contribution in [3.8, 4) is 11.3 Å². The van der Waals surface area contributed by atoms with Crippen LogP contribution in [-0.4, -0.2) is 9.97 Å². The number of hydrogen-bond acceptors (Lipinski definition) is 2. The second kappa shape index (κ2) is 5.61. The van der Waals surface area contributed by atoms with E-state index in [1.807, 2.05) is 48.5 Å². The average molecular weight is 263 g/mol. The Morgan fingerprint density at radius 1 is 0.950 bits per heavy atom. The van der Waals surface area contributed by atoms with Crippen molar-refractivity contribution >= 4 is 5.69 Å². The van der Waals surface area contributed by atoms with E-state index in [4.69, 9.17) is 0 Å². The lowest BCUT2D eigenvalue weighted by molar-refractivity contribution is 0.993. The maximum atomic E-state index is 4.68. The van der Waals surface area contributed by atoms with Crippen molar-refractivity contribution in [2.45, 2.75) is 13.5 Å². The molecular formula is C17H17N3. The summed E-state index contributed by atoms with van der Waals surface area (Å²) in [6.45, 7) is 2.75. The van der Waals surface area contributed by atoms with E-state index in [1.165, 1.54) is 0 Å². The number of H-pyrrole nitrogens is 1. The molecule has 0 spiro atoms. The van der Waals surface area contributed by atoms with Gasteiger partial charge in [-0.15, -0.1) is 0 Å². The quantitative estimate of drug-likeness (QED) is 0.747. The van der Waals surface area contributed by atoms with Gasteiger partial charge in [0.1, 0.15) is 5.82 Å². The Kier molecular flexibility index (Phi) is 3.50. The highest BCUT2D eigenvalue weighted by atomic mass is 15.0. The first-order valence-electron chi connectivity index (χ1n) is 6.73. The lowest BCUT2D eigenvalue weighted by Crippen LogP contribution is -2.00. The minimum Gasteiger partial charge on any atom is -0.378 e. The summed E-state index contributed by atoms with van der Waals surface area (Å²) in [5.41, 5.74) is 4.37. The lowest BCUT2D eigenvalue weighted by Gasteiger charge is -2.03. The van der Waals surface area contributed by atoms with Gasteiger partial charge in [-0.25, -0.2) is 4.98 Å². The number of aromatic nitrogens is 2. The van der Waals surface area contributed by atoms with Crippen molar-refractivity contribution in [3.63, 3.8) is 0 Å². The molecule has 2 N–H and O–H groups in total. The fourth-order valence-electron chi connectivity index (χ4n) is 2.22. The molecule has 1 aromatic heterocycles. The van der Waals surface area contributed by atoms with E-state index in [0.29, 0.717) is 6.54 Å². The molecular weight excluding hydrogens is 246 g/mol. The van der Waals surface area contributed by atoms with Gasteiger partial charge in [0, 0.05) is 16.9 Å². The average Bonchev–Trinajstić information content (AvgIpc) is 2.88. The zero-order chi connectivity index (χ0) is 13.8. The minimum absolute atomic E-state index is 0.692. The Hall–Kier alpha value is -2.55. The third-order valence-electron chi connectivity index (χ3n) is 3.21. The van der Waals surface area contributed by atoms with E-state index < -0.39 is 0 Å². The Balaban J connectivity index is 1.76. The van der Waals surface area contributed by atoms with E-state index in [-0.39, 0.29) is 0 Å². The summed E-state index contributed by atoms with van der Waals surface area (Å²) in [5, 5.41) is 3.36. The van der Waals surface area contributed by atoms with Gasteiger partial charge in [-0.1, -0.05) is 48.5 Å². The number of aromatic amines is 1. The predicted octanol–water partition coefficient (Wildman–Crippen LogP) is 4.00. The van der Waals surface area contributed by atoms with E-state index in [2.05, 4.69) is 34.3 Å². The topological polar surface area (TPSA) is 40.7 Å². The molecule has 0 saturated heterocycles. The third kappa shape index (κ3) is 2.72. The molecule has 0 atom stereocenters. The van der Waals surface area contributed by atoms with E-state index in [0.717, 1.165) is 28.5 Å². The zero-order valence-electron chi connectivity index (χ0n) is 11.4. The van der Waals surface area contributed by atoms with Gasteiger partial charge >= 0.3 is 0 Å². The number of hydrogen-bond donors (Lipinski definition) is 2. The molecule has 0 saturated carbocycles. The van der Waals surface area contributed by atoms with Gasteiger partial charge in [-0.3, -0.25) is 0 Å². The number of aryl methyl sites for hydroxylation is 1. The van der Waals surface area contributed by atoms with E-state index in [9.17, 15) is 0 Å². The van der Waals surface area contributed by atoms with Crippen molar-refractivity contribution in [2.24, 2.45) is 0 Å². The standard InChI is InChI=1S/C17H17N3/c1-13-17(14-8-4-2-5-9-14)20-16(19-13)12-18-15-10-6-3-7-11-15/h2-11,18H,12H2,1H3,(H,19,20). The van der Waals surface area contributed by atoms with Crippen LogP contribution in [0.15, 0.2) is 60.7 Å². The Morgan fingerprint density at radius 2 is 1.60 bits per heavy atom. The number of para-hydroxylation sites is 1. The number of nitrogens with one attached hydrogen (secondary N) is 2. The number of benzene rings is 2. The predicted molar refractivity (Wildman–Crippen MR) is 82.5 cm³/mol. The maximum Gasteiger partial charge on any atom is 0.126 e. The Labute approximate surface area is 118 Å². The molecule has 0 radical (unpaired) electrons.